The molecule has 2 saturated carbocycles. The van der Waals surface area contributed by atoms with Gasteiger partial charge >= 0.3 is 12.4 Å². The van der Waals surface area contributed by atoms with Gasteiger partial charge in [-0.1, -0.05) is 12.1 Å². The summed E-state index contributed by atoms with van der Waals surface area (Å²) in [7, 11) is 0. The third-order valence-electron chi connectivity index (χ3n) is 10.4. The molecule has 0 spiro atoms. The Labute approximate surface area is 301 Å². The lowest BCUT2D eigenvalue weighted by Gasteiger charge is -2.31. The Kier molecular flexibility index (Phi) is 15.9. The van der Waals surface area contributed by atoms with Crippen LogP contribution in [0.25, 0.3) is 0 Å². The minimum Gasteiger partial charge on any atom is -0.491 e. The van der Waals surface area contributed by atoms with Crippen LogP contribution >= 0.6 is 0 Å². The van der Waals surface area contributed by atoms with E-state index in [4.69, 9.17) is 18.9 Å². The van der Waals surface area contributed by atoms with E-state index in [9.17, 15) is 40.2 Å². The topological polar surface area (TPSA) is 57.2 Å². The third-order valence-corrected chi connectivity index (χ3v) is 10.4. The highest BCUT2D eigenvalue weighted by Crippen LogP contribution is 2.46. The van der Waals surface area contributed by atoms with Crippen LogP contribution in [0, 0.1) is 17.6 Å². The minimum absolute atomic E-state index is 0.0319. The van der Waals surface area contributed by atoms with E-state index < -0.39 is 58.4 Å². The van der Waals surface area contributed by atoms with Gasteiger partial charge in [-0.05, 0) is 138 Å². The van der Waals surface area contributed by atoms with Gasteiger partial charge in [-0.3, -0.25) is 0 Å². The molecule has 0 aliphatic heterocycles. The van der Waals surface area contributed by atoms with Crippen molar-refractivity contribution in [2.45, 2.75) is 134 Å². The van der Waals surface area contributed by atoms with Crippen molar-refractivity contribution < 1.29 is 59.2 Å². The summed E-state index contributed by atoms with van der Waals surface area (Å²) >= 11 is 0. The first-order valence-corrected chi connectivity index (χ1v) is 18.7. The van der Waals surface area contributed by atoms with E-state index in [0.29, 0.717) is 71.0 Å². The highest BCUT2D eigenvalue weighted by Gasteiger charge is 2.42. The molecule has 5 nitrogen and oxygen atoms in total. The summed E-state index contributed by atoms with van der Waals surface area (Å²) in [6, 6.07) is 5.23. The molecule has 13 heteroatoms. The zero-order valence-electron chi connectivity index (χ0n) is 30.0. The van der Waals surface area contributed by atoms with Crippen molar-refractivity contribution in [3.05, 3.63) is 58.2 Å². The summed E-state index contributed by atoms with van der Waals surface area (Å²) in [5.41, 5.74) is -2.54. The van der Waals surface area contributed by atoms with E-state index in [1.54, 1.807) is 13.8 Å². The van der Waals surface area contributed by atoms with Crippen LogP contribution in [0.15, 0.2) is 24.3 Å². The number of aliphatic hydroxyl groups is 1. The van der Waals surface area contributed by atoms with Gasteiger partial charge in [-0.2, -0.15) is 26.3 Å². The van der Waals surface area contributed by atoms with Crippen LogP contribution in [-0.4, -0.2) is 50.3 Å². The monoisotopic (exact) mass is 752 g/mol. The van der Waals surface area contributed by atoms with Gasteiger partial charge < -0.3 is 24.1 Å². The largest absolute Gasteiger partial charge is 0.491 e. The van der Waals surface area contributed by atoms with Crippen molar-refractivity contribution in [3.63, 3.8) is 0 Å². The van der Waals surface area contributed by atoms with Crippen molar-refractivity contribution in [3.8, 4) is 11.5 Å². The summed E-state index contributed by atoms with van der Waals surface area (Å²) in [5, 5.41) is 9.59. The molecule has 0 heterocycles. The van der Waals surface area contributed by atoms with Gasteiger partial charge in [0, 0.05) is 19.8 Å². The van der Waals surface area contributed by atoms with Gasteiger partial charge in [0.1, 0.15) is 0 Å². The number of rotatable bonds is 18. The molecule has 52 heavy (non-hydrogen) atoms. The molecule has 2 fully saturated rings. The third kappa shape index (κ3) is 11.4. The first-order chi connectivity index (χ1) is 24.8. The molecule has 2 aromatic carbocycles. The zero-order valence-corrected chi connectivity index (χ0v) is 30.0. The maximum Gasteiger partial charge on any atom is 0.419 e. The number of aliphatic hydroxyl groups excluding tert-OH is 1. The van der Waals surface area contributed by atoms with E-state index in [0.717, 1.165) is 25.7 Å². The van der Waals surface area contributed by atoms with Gasteiger partial charge in [0.2, 0.25) is 0 Å². The van der Waals surface area contributed by atoms with Crippen LogP contribution in [-0.2, 0) is 21.8 Å². The predicted octanol–water partition coefficient (Wildman–Crippen LogP) is 11.1. The molecule has 294 valence electrons. The van der Waals surface area contributed by atoms with Crippen LogP contribution in [0.4, 0.5) is 35.1 Å². The van der Waals surface area contributed by atoms with Crippen molar-refractivity contribution in [1.82, 2.24) is 0 Å². The van der Waals surface area contributed by atoms with Crippen LogP contribution in [0.5, 0.6) is 11.5 Å². The molecule has 2 aromatic rings. The molecule has 0 atom stereocenters. The van der Waals surface area contributed by atoms with Gasteiger partial charge in [-0.15, -0.1) is 0 Å². The Balaban J connectivity index is 1.15. The lowest BCUT2D eigenvalue weighted by Crippen LogP contribution is -2.24. The number of benzene rings is 2. The average molecular weight is 753 g/mol. The highest BCUT2D eigenvalue weighted by molar-refractivity contribution is 5.43. The van der Waals surface area contributed by atoms with E-state index >= 15 is 0 Å². The van der Waals surface area contributed by atoms with Gasteiger partial charge in [-0.25, -0.2) is 8.78 Å². The molecule has 0 radical (unpaired) electrons. The Morgan fingerprint density at radius 1 is 0.615 bits per heavy atom. The lowest BCUT2D eigenvalue weighted by molar-refractivity contribution is -0.142. The fraction of sp³-hybridized carbons (Fsp3) is 0.692. The molecule has 0 amide bonds. The Hall–Kier alpha value is -2.64. The van der Waals surface area contributed by atoms with E-state index in [2.05, 4.69) is 0 Å². The van der Waals surface area contributed by atoms with Crippen LogP contribution in [0.2, 0.25) is 0 Å². The number of hydrogen-bond donors (Lipinski definition) is 1. The first-order valence-electron chi connectivity index (χ1n) is 18.7. The van der Waals surface area contributed by atoms with E-state index in [1.807, 2.05) is 0 Å². The summed E-state index contributed by atoms with van der Waals surface area (Å²) in [5.74, 6) is -4.08. The van der Waals surface area contributed by atoms with Crippen LogP contribution in [0.1, 0.15) is 131 Å². The molecule has 2 aliphatic carbocycles. The van der Waals surface area contributed by atoms with Gasteiger partial charge in [0.05, 0.1) is 36.5 Å². The molecule has 0 unspecified atom stereocenters. The van der Waals surface area contributed by atoms with Crippen molar-refractivity contribution in [2.24, 2.45) is 5.92 Å². The first kappa shape index (κ1) is 42.1. The summed E-state index contributed by atoms with van der Waals surface area (Å²) in [6.45, 7) is 4.34. The molecule has 4 rings (SSSR count). The highest BCUT2D eigenvalue weighted by atomic mass is 19.4. The van der Waals surface area contributed by atoms with Gasteiger partial charge in [0.15, 0.2) is 23.1 Å². The van der Waals surface area contributed by atoms with Gasteiger partial charge in [0.25, 0.3) is 0 Å². The molecule has 0 saturated heterocycles. The summed E-state index contributed by atoms with van der Waals surface area (Å²) in [4.78, 5) is 0. The summed E-state index contributed by atoms with van der Waals surface area (Å²) in [6.07, 6.45) is -1.80. The smallest absolute Gasteiger partial charge is 0.419 e. The molecule has 1 N–H and O–H groups in total. The Morgan fingerprint density at radius 2 is 1.00 bits per heavy atom. The Morgan fingerprint density at radius 3 is 1.33 bits per heavy atom. The normalized spacial score (nSPS) is 22.0. The predicted molar refractivity (Wildman–Crippen MR) is 181 cm³/mol. The molecular weight excluding hydrogens is 700 g/mol. The van der Waals surface area contributed by atoms with Crippen LogP contribution < -0.4 is 9.47 Å². The second-order valence-corrected chi connectivity index (χ2v) is 13.9. The van der Waals surface area contributed by atoms with E-state index in [-0.39, 0.29) is 49.1 Å². The summed E-state index contributed by atoms with van der Waals surface area (Å²) < 4.78 is 135. The quantitative estimate of drug-likeness (QED) is 0.121. The van der Waals surface area contributed by atoms with E-state index in [1.165, 1.54) is 24.3 Å². The average Bonchev–Trinajstić information content (AvgIpc) is 3.09. The SMILES string of the molecule is CCOc1ccc(C2CCC(OCCCC(CCO)CCCOC3CCC(c4ccc(OCC)c(F)c4C(F)(F)F)CC3)CC2)c(C(F)(F)F)c1F. The van der Waals surface area contributed by atoms with Crippen molar-refractivity contribution >= 4 is 0 Å². The fourth-order valence-electron chi connectivity index (χ4n) is 7.87. The number of halogens is 8. The molecule has 0 bridgehead atoms. The zero-order chi connectivity index (χ0) is 37.9. The fourth-order valence-corrected chi connectivity index (χ4v) is 7.87. The number of hydrogen-bond acceptors (Lipinski definition) is 5. The molecule has 0 aromatic heterocycles. The minimum atomic E-state index is -4.83. The van der Waals surface area contributed by atoms with Crippen LogP contribution in [0.3, 0.4) is 0 Å². The number of alkyl halides is 6. The number of ether oxygens (including phenoxy) is 4. The Bertz CT molecular complexity index is 1280. The molecule has 2 aliphatic rings. The standard InChI is InChI=1S/C39H52F8O5/c1-3-49-32-19-17-30(34(36(32)40)38(42,43)44)26-9-13-28(14-10-26)51-23-5-7-25(21-22-48)8-6-24-52-29-15-11-27(12-16-29)31-18-20-33(50-4-2)37(41)35(31)39(45,46)47/h17-20,25-29,48H,3-16,21-24H2,1-2H3. The molecular formula is C39H52F8O5. The van der Waals surface area contributed by atoms with Crippen molar-refractivity contribution in [1.29, 1.82) is 0 Å². The van der Waals surface area contributed by atoms with Crippen molar-refractivity contribution in [2.75, 3.05) is 33.0 Å². The lowest BCUT2D eigenvalue weighted by atomic mass is 9.80. The second-order valence-electron chi connectivity index (χ2n) is 13.9. The maximum absolute atomic E-state index is 14.8. The maximum atomic E-state index is 14.8. The second kappa shape index (κ2) is 19.6.